The largest absolute Gasteiger partial charge is 0.510 e. The molecule has 55 heavy (non-hydrogen) atoms. The van der Waals surface area contributed by atoms with Crippen molar-refractivity contribution in [2.75, 3.05) is 0 Å². The van der Waals surface area contributed by atoms with Crippen LogP contribution >= 0.6 is 0 Å². The SMILES string of the molecule is [2H]c1c([2H])c([2H])c(-[n+]2[c-]n(-c3[c-]c(Oc4[c-]c5c(cc4)c4ccc(-n6c7ccccc7c7ccccc76)cc4n5-c4cc(C(C)(C)C)ccn4)ccc3)cc2)c([2H])c1[2H].[Pt]. The van der Waals surface area contributed by atoms with Crippen LogP contribution in [0.5, 0.6) is 11.5 Å². The molecule has 0 aliphatic carbocycles. The average Bonchev–Trinajstić information content (AvgIpc) is 3.95. The van der Waals surface area contributed by atoms with E-state index >= 15 is 0 Å². The molecule has 0 N–H and O–H groups in total. The van der Waals surface area contributed by atoms with E-state index in [-0.39, 0.29) is 44.3 Å². The van der Waals surface area contributed by atoms with Gasteiger partial charge in [0.2, 0.25) is 0 Å². The minimum absolute atomic E-state index is 0. The number of benzene rings is 6. The van der Waals surface area contributed by atoms with Gasteiger partial charge < -0.3 is 18.4 Å². The van der Waals surface area contributed by atoms with E-state index in [1.165, 1.54) is 15.3 Å². The summed E-state index contributed by atoms with van der Waals surface area (Å²) in [5.41, 5.74) is 6.72. The summed E-state index contributed by atoms with van der Waals surface area (Å²) < 4.78 is 54.8. The van der Waals surface area contributed by atoms with Crippen LogP contribution in [0.2, 0.25) is 0 Å². The number of nitrogens with zero attached hydrogens (tertiary/aromatic N) is 5. The fraction of sp³-hybridized carbons (Fsp3) is 0.0833. The van der Waals surface area contributed by atoms with Crippen LogP contribution < -0.4 is 9.30 Å². The van der Waals surface area contributed by atoms with Crippen LogP contribution in [0.15, 0.2) is 158 Å². The van der Waals surface area contributed by atoms with Crippen LogP contribution in [0, 0.1) is 18.5 Å². The molecule has 0 saturated heterocycles. The first kappa shape index (κ1) is 29.2. The number of pyridine rings is 1. The van der Waals surface area contributed by atoms with Crippen LogP contribution in [0.25, 0.3) is 66.5 Å². The molecule has 7 heteroatoms. The predicted octanol–water partition coefficient (Wildman–Crippen LogP) is 10.8. The Balaban J connectivity index is 0.00000462. The molecular formula is C48H35N5OPt-2. The number of fused-ring (bicyclic) bond motifs is 6. The van der Waals surface area contributed by atoms with Gasteiger partial charge in [-0.1, -0.05) is 86.9 Å². The fourth-order valence-corrected chi connectivity index (χ4v) is 7.25. The second-order valence-corrected chi connectivity index (χ2v) is 14.3. The summed E-state index contributed by atoms with van der Waals surface area (Å²) >= 11 is 0. The van der Waals surface area contributed by atoms with Gasteiger partial charge in [-0.3, -0.25) is 4.57 Å². The number of aromatic nitrogens is 5. The van der Waals surface area contributed by atoms with Crippen molar-refractivity contribution in [3.05, 3.63) is 182 Å². The Morgan fingerprint density at radius 3 is 2.16 bits per heavy atom. The Bertz CT molecular complexity index is 3240. The van der Waals surface area contributed by atoms with Crippen LogP contribution in [0.1, 0.15) is 33.2 Å². The normalized spacial score (nSPS) is 13.0. The van der Waals surface area contributed by atoms with Gasteiger partial charge in [0.05, 0.1) is 23.6 Å². The van der Waals surface area contributed by atoms with Gasteiger partial charge in [0.1, 0.15) is 5.82 Å². The van der Waals surface area contributed by atoms with Crippen LogP contribution in [0.3, 0.4) is 0 Å². The zero-order valence-electron chi connectivity index (χ0n) is 35.1. The zero-order chi connectivity index (χ0) is 40.7. The number of ether oxygens (including phenoxy) is 1. The number of para-hydroxylation sites is 3. The molecule has 0 radical (unpaired) electrons. The van der Waals surface area contributed by atoms with Gasteiger partial charge in [-0.15, -0.1) is 29.7 Å². The number of imidazole rings is 1. The Hall–Kier alpha value is -6.23. The second kappa shape index (κ2) is 13.6. The van der Waals surface area contributed by atoms with Crippen molar-refractivity contribution in [1.29, 1.82) is 0 Å². The quantitative estimate of drug-likeness (QED) is 0.123. The second-order valence-electron chi connectivity index (χ2n) is 14.3. The fourth-order valence-electron chi connectivity index (χ4n) is 7.25. The molecule has 4 heterocycles. The summed E-state index contributed by atoms with van der Waals surface area (Å²) in [6, 6.07) is 42.2. The molecule has 0 aliphatic rings. The average molecular weight is 898 g/mol. The maximum absolute atomic E-state index is 8.39. The van der Waals surface area contributed by atoms with Gasteiger partial charge in [0, 0.05) is 73.1 Å². The van der Waals surface area contributed by atoms with Crippen molar-refractivity contribution in [1.82, 2.24) is 18.7 Å². The summed E-state index contributed by atoms with van der Waals surface area (Å²) in [4.78, 5) is 4.92. The molecule has 10 rings (SSSR count). The maximum Gasteiger partial charge on any atom is 0.267 e. The molecule has 0 amide bonds. The van der Waals surface area contributed by atoms with Gasteiger partial charge in [0.25, 0.3) is 6.33 Å². The zero-order valence-corrected chi connectivity index (χ0v) is 32.4. The standard InChI is InChI=1S/C48H35N5O.Pt/c1-48(2,3)33-24-25-49-47(28-33)53-45-30-36(52-43-18-9-7-16-39(43)40-17-8-10-19-44(40)52)20-22-41(45)42-23-21-38(31-46(42)53)54-37-15-11-14-35(29-37)51-27-26-50(32-51)34-12-5-4-6-13-34;/h4-28,30H,1-3H3;/q-2;/i4D,5D,6D,12D,13D;. The van der Waals surface area contributed by atoms with E-state index in [0.717, 1.165) is 49.9 Å². The van der Waals surface area contributed by atoms with E-state index in [1.54, 1.807) is 23.0 Å². The van der Waals surface area contributed by atoms with Crippen LogP contribution in [0.4, 0.5) is 0 Å². The third-order valence-electron chi connectivity index (χ3n) is 9.85. The Kier molecular flexibility index (Phi) is 7.19. The van der Waals surface area contributed by atoms with Crippen LogP contribution in [-0.4, -0.2) is 18.7 Å². The third kappa shape index (κ3) is 6.03. The summed E-state index contributed by atoms with van der Waals surface area (Å²) in [7, 11) is 0. The minimum Gasteiger partial charge on any atom is -0.510 e. The molecule has 0 unspecified atom stereocenters. The monoisotopic (exact) mass is 897 g/mol. The molecule has 0 saturated carbocycles. The van der Waals surface area contributed by atoms with Gasteiger partial charge in [-0.2, -0.15) is 18.2 Å². The van der Waals surface area contributed by atoms with Crippen LogP contribution in [-0.2, 0) is 26.5 Å². The summed E-state index contributed by atoms with van der Waals surface area (Å²) in [6.07, 6.45) is 8.20. The Morgan fingerprint density at radius 1 is 0.691 bits per heavy atom. The smallest absolute Gasteiger partial charge is 0.267 e. The van der Waals surface area contributed by atoms with Gasteiger partial charge in [-0.05, 0) is 70.5 Å². The molecular weight excluding hydrogens is 858 g/mol. The topological polar surface area (TPSA) is 40.8 Å². The van der Waals surface area contributed by atoms with E-state index in [1.807, 2.05) is 24.4 Å². The molecule has 0 atom stereocenters. The Morgan fingerprint density at radius 2 is 1.40 bits per heavy atom. The first-order chi connectivity index (χ1) is 28.5. The van der Waals surface area contributed by atoms with Crippen molar-refractivity contribution < 1.29 is 37.2 Å². The third-order valence-corrected chi connectivity index (χ3v) is 9.85. The van der Waals surface area contributed by atoms with Crippen molar-refractivity contribution in [3.63, 3.8) is 0 Å². The molecule has 10 aromatic rings. The minimum atomic E-state index is -0.448. The van der Waals surface area contributed by atoms with Crippen molar-refractivity contribution in [3.8, 4) is 34.4 Å². The molecule has 0 fully saturated rings. The van der Waals surface area contributed by atoms with Crippen molar-refractivity contribution in [2.24, 2.45) is 0 Å². The molecule has 270 valence electrons. The van der Waals surface area contributed by atoms with Gasteiger partial charge in [0.15, 0.2) is 0 Å². The molecule has 4 aromatic heterocycles. The van der Waals surface area contributed by atoms with Gasteiger partial charge >= 0.3 is 0 Å². The number of hydrogen-bond donors (Lipinski definition) is 0. The van der Waals surface area contributed by atoms with E-state index < -0.39 is 18.1 Å². The Labute approximate surface area is 340 Å². The van der Waals surface area contributed by atoms with Gasteiger partial charge in [-0.25, -0.2) is 4.98 Å². The van der Waals surface area contributed by atoms with Crippen molar-refractivity contribution in [2.45, 2.75) is 26.2 Å². The summed E-state index contributed by atoms with van der Waals surface area (Å²) in [5.74, 6) is 1.68. The predicted molar refractivity (Wildman–Crippen MR) is 215 cm³/mol. The molecule has 0 aliphatic heterocycles. The maximum atomic E-state index is 8.39. The molecule has 6 nitrogen and oxygen atoms in total. The van der Waals surface area contributed by atoms with E-state index in [4.69, 9.17) is 16.6 Å². The first-order valence-electron chi connectivity index (χ1n) is 20.2. The number of rotatable bonds is 6. The van der Waals surface area contributed by atoms with Crippen molar-refractivity contribution >= 4 is 43.6 Å². The molecule has 6 aromatic carbocycles. The van der Waals surface area contributed by atoms with E-state index in [0.29, 0.717) is 17.2 Å². The summed E-state index contributed by atoms with van der Waals surface area (Å²) in [5, 5.41) is 4.45. The molecule has 0 bridgehead atoms. The molecule has 0 spiro atoms. The summed E-state index contributed by atoms with van der Waals surface area (Å²) in [6.45, 7) is 6.59. The van der Waals surface area contributed by atoms with E-state index in [2.05, 4.69) is 133 Å². The van der Waals surface area contributed by atoms with E-state index in [9.17, 15) is 0 Å². The first-order valence-corrected chi connectivity index (χ1v) is 17.7. The number of hydrogen-bond acceptors (Lipinski definition) is 2.